The Hall–Kier alpha value is -2.73. The lowest BCUT2D eigenvalue weighted by atomic mass is 9.94. The van der Waals surface area contributed by atoms with Gasteiger partial charge >= 0.3 is 5.76 Å². The molecule has 0 saturated carbocycles. The van der Waals surface area contributed by atoms with E-state index < -0.39 is 5.76 Å². The number of aryl methyl sites for hydroxylation is 1. The average Bonchev–Trinajstić information content (AvgIpc) is 2.99. The maximum atomic E-state index is 12.4. The summed E-state index contributed by atoms with van der Waals surface area (Å²) in [6.07, 6.45) is 0. The van der Waals surface area contributed by atoms with Crippen LogP contribution >= 0.6 is 11.6 Å². The molecule has 3 rings (SSSR count). The van der Waals surface area contributed by atoms with E-state index in [2.05, 4.69) is 18.9 Å². The fourth-order valence-corrected chi connectivity index (χ4v) is 3.22. The normalized spacial score (nSPS) is 11.0. The first-order valence-corrected chi connectivity index (χ1v) is 8.88. The van der Waals surface area contributed by atoms with E-state index in [-0.39, 0.29) is 6.54 Å². The highest BCUT2D eigenvalue weighted by atomic mass is 35.5. The van der Waals surface area contributed by atoms with Gasteiger partial charge in [-0.25, -0.2) is 4.79 Å². The molecule has 0 atom stereocenters. The van der Waals surface area contributed by atoms with Gasteiger partial charge in [0.1, 0.15) is 5.75 Å². The predicted octanol–water partition coefficient (Wildman–Crippen LogP) is 4.03. The molecule has 0 amide bonds. The SMILES string of the molecule is COc1cc(N)c(Cl)cc1Cn1nc(-c2cc(C)c(C)c(C)c2C)oc1=O. The summed E-state index contributed by atoms with van der Waals surface area (Å²) in [5, 5.41) is 4.78. The van der Waals surface area contributed by atoms with E-state index in [1.165, 1.54) is 17.4 Å². The number of hydrogen-bond acceptors (Lipinski definition) is 5. The van der Waals surface area contributed by atoms with Crippen LogP contribution in [0.1, 0.15) is 27.8 Å². The van der Waals surface area contributed by atoms with Gasteiger partial charge in [0.15, 0.2) is 0 Å². The second-order valence-electron chi connectivity index (χ2n) is 6.63. The number of nitrogen functional groups attached to an aromatic ring is 1. The van der Waals surface area contributed by atoms with Crippen molar-refractivity contribution in [2.24, 2.45) is 0 Å². The van der Waals surface area contributed by atoms with Crippen LogP contribution in [0.4, 0.5) is 5.69 Å². The van der Waals surface area contributed by atoms with Crippen molar-refractivity contribution in [2.45, 2.75) is 34.2 Å². The summed E-state index contributed by atoms with van der Waals surface area (Å²) in [4.78, 5) is 12.4. The summed E-state index contributed by atoms with van der Waals surface area (Å²) in [5.74, 6) is 0.283. The lowest BCUT2D eigenvalue weighted by molar-refractivity contribution is 0.406. The highest BCUT2D eigenvalue weighted by Crippen LogP contribution is 2.30. The van der Waals surface area contributed by atoms with E-state index in [1.807, 2.05) is 19.9 Å². The fourth-order valence-electron chi connectivity index (χ4n) is 3.03. The number of nitrogens with zero attached hydrogens (tertiary/aromatic N) is 2. The van der Waals surface area contributed by atoms with Crippen LogP contribution in [-0.4, -0.2) is 16.9 Å². The molecule has 1 heterocycles. The van der Waals surface area contributed by atoms with Crippen molar-refractivity contribution in [3.05, 3.63) is 61.6 Å². The Balaban J connectivity index is 2.05. The maximum Gasteiger partial charge on any atom is 0.437 e. The number of benzene rings is 2. The number of ether oxygens (including phenoxy) is 1. The molecule has 7 heteroatoms. The second-order valence-corrected chi connectivity index (χ2v) is 7.04. The number of aromatic nitrogens is 2. The van der Waals surface area contributed by atoms with Gasteiger partial charge in [0.25, 0.3) is 0 Å². The summed E-state index contributed by atoms with van der Waals surface area (Å²) in [7, 11) is 1.53. The standard InChI is InChI=1S/C20H22ClN3O3/c1-10-6-15(13(4)12(3)11(10)2)19-23-24(20(25)27-19)9-14-7-16(21)17(22)8-18(14)26-5/h6-8H,9,22H2,1-5H3. The zero-order chi connectivity index (χ0) is 19.9. The molecule has 142 valence electrons. The topological polar surface area (TPSA) is 83.3 Å². The molecule has 0 saturated heterocycles. The molecular weight excluding hydrogens is 366 g/mol. The molecule has 2 N–H and O–H groups in total. The maximum absolute atomic E-state index is 12.4. The highest BCUT2D eigenvalue weighted by molar-refractivity contribution is 6.33. The monoisotopic (exact) mass is 387 g/mol. The quantitative estimate of drug-likeness (QED) is 0.683. The molecule has 0 aliphatic heterocycles. The Morgan fingerprint density at radius 1 is 1.15 bits per heavy atom. The van der Waals surface area contributed by atoms with Crippen LogP contribution in [0.5, 0.6) is 5.75 Å². The lowest BCUT2D eigenvalue weighted by Crippen LogP contribution is -2.17. The van der Waals surface area contributed by atoms with Gasteiger partial charge in [0, 0.05) is 17.2 Å². The van der Waals surface area contributed by atoms with E-state index in [1.54, 1.807) is 12.1 Å². The molecule has 0 aliphatic carbocycles. The van der Waals surface area contributed by atoms with Crippen LogP contribution in [-0.2, 0) is 6.54 Å². The number of anilines is 1. The van der Waals surface area contributed by atoms with Gasteiger partial charge in [-0.2, -0.15) is 4.68 Å². The second kappa shape index (κ2) is 7.12. The fraction of sp³-hybridized carbons (Fsp3) is 0.300. The van der Waals surface area contributed by atoms with Gasteiger partial charge < -0.3 is 14.9 Å². The molecule has 0 spiro atoms. The zero-order valence-corrected chi connectivity index (χ0v) is 16.8. The molecule has 0 aliphatic rings. The van der Waals surface area contributed by atoms with Gasteiger partial charge in [-0.15, -0.1) is 5.10 Å². The van der Waals surface area contributed by atoms with Gasteiger partial charge in [-0.05, 0) is 62.1 Å². The molecule has 0 bridgehead atoms. The van der Waals surface area contributed by atoms with E-state index in [0.29, 0.717) is 27.9 Å². The van der Waals surface area contributed by atoms with Crippen molar-refractivity contribution in [1.82, 2.24) is 9.78 Å². The van der Waals surface area contributed by atoms with Crippen molar-refractivity contribution < 1.29 is 9.15 Å². The van der Waals surface area contributed by atoms with Crippen molar-refractivity contribution in [1.29, 1.82) is 0 Å². The summed E-state index contributed by atoms with van der Waals surface area (Å²) in [6, 6.07) is 5.29. The Morgan fingerprint density at radius 3 is 2.52 bits per heavy atom. The number of hydrogen-bond donors (Lipinski definition) is 1. The van der Waals surface area contributed by atoms with Crippen molar-refractivity contribution in [2.75, 3.05) is 12.8 Å². The van der Waals surface area contributed by atoms with E-state index >= 15 is 0 Å². The van der Waals surface area contributed by atoms with Crippen LogP contribution < -0.4 is 16.2 Å². The van der Waals surface area contributed by atoms with Gasteiger partial charge in [0.2, 0.25) is 5.89 Å². The third-order valence-corrected chi connectivity index (χ3v) is 5.37. The van der Waals surface area contributed by atoms with Crippen molar-refractivity contribution in [3.8, 4) is 17.2 Å². The third kappa shape index (κ3) is 3.45. The highest BCUT2D eigenvalue weighted by Gasteiger charge is 2.17. The molecule has 0 radical (unpaired) electrons. The van der Waals surface area contributed by atoms with Gasteiger partial charge in [-0.1, -0.05) is 11.6 Å². The number of methoxy groups -OCH3 is 1. The van der Waals surface area contributed by atoms with Gasteiger partial charge in [-0.3, -0.25) is 0 Å². The minimum Gasteiger partial charge on any atom is -0.496 e. The summed E-state index contributed by atoms with van der Waals surface area (Å²) in [6.45, 7) is 8.32. The first-order chi connectivity index (χ1) is 12.7. The lowest BCUT2D eigenvalue weighted by Gasteiger charge is -2.11. The third-order valence-electron chi connectivity index (χ3n) is 5.04. The Kier molecular flexibility index (Phi) is 5.02. The summed E-state index contributed by atoms with van der Waals surface area (Å²) < 4.78 is 12.0. The molecule has 27 heavy (non-hydrogen) atoms. The van der Waals surface area contributed by atoms with Gasteiger partial charge in [0.05, 0.1) is 24.4 Å². The van der Waals surface area contributed by atoms with E-state index in [0.717, 1.165) is 22.3 Å². The number of halogens is 1. The van der Waals surface area contributed by atoms with Crippen LogP contribution in [0.15, 0.2) is 27.4 Å². The molecular formula is C20H22ClN3O3. The molecule has 0 unspecified atom stereocenters. The van der Waals surface area contributed by atoms with E-state index in [9.17, 15) is 4.79 Å². The Labute approximate surface area is 162 Å². The minimum absolute atomic E-state index is 0.161. The van der Waals surface area contributed by atoms with Crippen LogP contribution in [0, 0.1) is 27.7 Å². The Morgan fingerprint density at radius 2 is 1.85 bits per heavy atom. The van der Waals surface area contributed by atoms with Crippen LogP contribution in [0.3, 0.4) is 0 Å². The summed E-state index contributed by atoms with van der Waals surface area (Å²) >= 11 is 6.11. The number of rotatable bonds is 4. The van der Waals surface area contributed by atoms with Crippen LogP contribution in [0.25, 0.3) is 11.5 Å². The number of nitrogens with two attached hydrogens (primary N) is 1. The average molecular weight is 388 g/mol. The molecule has 6 nitrogen and oxygen atoms in total. The van der Waals surface area contributed by atoms with E-state index in [4.69, 9.17) is 26.5 Å². The largest absolute Gasteiger partial charge is 0.496 e. The smallest absolute Gasteiger partial charge is 0.437 e. The predicted molar refractivity (Wildman–Crippen MR) is 107 cm³/mol. The molecule has 3 aromatic rings. The minimum atomic E-state index is -0.546. The first kappa shape index (κ1) is 19.0. The molecule has 2 aromatic carbocycles. The molecule has 0 fully saturated rings. The first-order valence-electron chi connectivity index (χ1n) is 8.50. The van der Waals surface area contributed by atoms with Crippen molar-refractivity contribution in [3.63, 3.8) is 0 Å². The Bertz CT molecular complexity index is 1080. The zero-order valence-electron chi connectivity index (χ0n) is 16.0. The molecule has 1 aromatic heterocycles. The van der Waals surface area contributed by atoms with Crippen molar-refractivity contribution >= 4 is 17.3 Å². The van der Waals surface area contributed by atoms with Crippen LogP contribution in [0.2, 0.25) is 5.02 Å². The summed E-state index contributed by atoms with van der Waals surface area (Å²) in [5.41, 5.74) is 12.3.